The van der Waals surface area contributed by atoms with Gasteiger partial charge in [0.25, 0.3) is 0 Å². The SMILES string of the molecule is Cc1ccnc(C(C)O)c1-c1ccc2nc(C3CC3C(N)=O)sc2c1. The number of primary amides is 1. The van der Waals surface area contributed by atoms with Crippen LogP contribution in [0.25, 0.3) is 21.3 Å². The van der Waals surface area contributed by atoms with Crippen molar-refractivity contribution in [3.05, 3.63) is 46.7 Å². The van der Waals surface area contributed by atoms with E-state index in [-0.39, 0.29) is 17.7 Å². The molecule has 3 N–H and O–H groups in total. The van der Waals surface area contributed by atoms with Crippen LogP contribution in [0.2, 0.25) is 0 Å². The fourth-order valence-corrected chi connectivity index (χ4v) is 4.50. The van der Waals surface area contributed by atoms with E-state index < -0.39 is 6.10 Å². The summed E-state index contributed by atoms with van der Waals surface area (Å²) in [5, 5.41) is 11.0. The van der Waals surface area contributed by atoms with Gasteiger partial charge in [0, 0.05) is 23.6 Å². The summed E-state index contributed by atoms with van der Waals surface area (Å²) in [5.41, 5.74) is 10.1. The highest BCUT2D eigenvalue weighted by Crippen LogP contribution is 2.49. The molecule has 1 aliphatic carbocycles. The number of aromatic nitrogens is 2. The number of rotatable bonds is 4. The maximum atomic E-state index is 11.3. The first-order chi connectivity index (χ1) is 12.0. The van der Waals surface area contributed by atoms with Gasteiger partial charge >= 0.3 is 0 Å². The summed E-state index contributed by atoms with van der Waals surface area (Å²) in [6.07, 6.45) is 1.89. The monoisotopic (exact) mass is 353 g/mol. The standard InChI is InChI=1S/C19H19N3O2S/c1-9-5-6-21-17(10(2)23)16(9)11-3-4-14-15(7-11)25-19(22-14)13-8-12(13)18(20)24/h3-7,10,12-13,23H,8H2,1-2H3,(H2,20,24). The number of aryl methyl sites for hydroxylation is 1. The fraction of sp³-hybridized carbons (Fsp3) is 0.316. The molecule has 25 heavy (non-hydrogen) atoms. The second kappa shape index (κ2) is 5.89. The largest absolute Gasteiger partial charge is 0.387 e. The van der Waals surface area contributed by atoms with Crippen LogP contribution in [0.1, 0.15) is 41.6 Å². The molecule has 0 radical (unpaired) electrons. The van der Waals surface area contributed by atoms with Gasteiger partial charge in [0.15, 0.2) is 0 Å². The number of hydrogen-bond donors (Lipinski definition) is 2. The summed E-state index contributed by atoms with van der Waals surface area (Å²) in [6, 6.07) is 8.05. The summed E-state index contributed by atoms with van der Waals surface area (Å²) >= 11 is 1.62. The molecular formula is C19H19N3O2S. The molecule has 5 nitrogen and oxygen atoms in total. The third kappa shape index (κ3) is 2.81. The fourth-order valence-electron chi connectivity index (χ4n) is 3.31. The number of nitrogens with two attached hydrogens (primary N) is 1. The van der Waals surface area contributed by atoms with Crippen molar-refractivity contribution < 1.29 is 9.90 Å². The zero-order valence-electron chi connectivity index (χ0n) is 14.1. The topological polar surface area (TPSA) is 89.1 Å². The van der Waals surface area contributed by atoms with Crippen LogP contribution < -0.4 is 5.73 Å². The van der Waals surface area contributed by atoms with Gasteiger partial charge in [-0.25, -0.2) is 4.98 Å². The Morgan fingerprint density at radius 1 is 1.40 bits per heavy atom. The van der Waals surface area contributed by atoms with E-state index in [4.69, 9.17) is 5.73 Å². The van der Waals surface area contributed by atoms with Gasteiger partial charge in [0.05, 0.1) is 27.0 Å². The highest BCUT2D eigenvalue weighted by atomic mass is 32.1. The Balaban J connectivity index is 1.77. The van der Waals surface area contributed by atoms with E-state index in [9.17, 15) is 9.90 Å². The Bertz CT molecular complexity index is 980. The second-order valence-electron chi connectivity index (χ2n) is 6.65. The molecule has 3 aromatic rings. The number of amides is 1. The molecule has 0 aliphatic heterocycles. The average Bonchev–Trinajstić information content (AvgIpc) is 3.27. The quantitative estimate of drug-likeness (QED) is 0.753. The van der Waals surface area contributed by atoms with Crippen molar-refractivity contribution >= 4 is 27.5 Å². The van der Waals surface area contributed by atoms with Crippen LogP contribution in [0.5, 0.6) is 0 Å². The first-order valence-corrected chi connectivity index (χ1v) is 9.11. The molecule has 0 spiro atoms. The number of aliphatic hydroxyl groups is 1. The normalized spacial score (nSPS) is 20.6. The second-order valence-corrected chi connectivity index (χ2v) is 7.71. The molecule has 0 saturated heterocycles. The summed E-state index contributed by atoms with van der Waals surface area (Å²) < 4.78 is 1.07. The number of fused-ring (bicyclic) bond motifs is 1. The Morgan fingerprint density at radius 2 is 2.20 bits per heavy atom. The van der Waals surface area contributed by atoms with E-state index in [0.717, 1.165) is 38.3 Å². The van der Waals surface area contributed by atoms with Crippen molar-refractivity contribution in [2.75, 3.05) is 0 Å². The molecule has 6 heteroatoms. The van der Waals surface area contributed by atoms with Crippen molar-refractivity contribution in [1.82, 2.24) is 9.97 Å². The molecule has 1 aromatic carbocycles. The van der Waals surface area contributed by atoms with E-state index in [1.165, 1.54) is 0 Å². The van der Waals surface area contributed by atoms with Crippen molar-refractivity contribution in [1.29, 1.82) is 0 Å². The summed E-state index contributed by atoms with van der Waals surface area (Å²) in [4.78, 5) is 20.3. The molecule has 3 atom stereocenters. The molecule has 128 valence electrons. The number of thiazole rings is 1. The summed E-state index contributed by atoms with van der Waals surface area (Å²) in [6.45, 7) is 3.75. The third-order valence-electron chi connectivity index (χ3n) is 4.75. The minimum absolute atomic E-state index is 0.0672. The van der Waals surface area contributed by atoms with E-state index in [0.29, 0.717) is 5.69 Å². The maximum absolute atomic E-state index is 11.3. The van der Waals surface area contributed by atoms with Crippen LogP contribution in [0.15, 0.2) is 30.5 Å². The lowest BCUT2D eigenvalue weighted by atomic mass is 9.97. The van der Waals surface area contributed by atoms with Gasteiger partial charge in [0.2, 0.25) is 5.91 Å². The van der Waals surface area contributed by atoms with Crippen LogP contribution in [0.3, 0.4) is 0 Å². The van der Waals surface area contributed by atoms with Gasteiger partial charge in [-0.3, -0.25) is 9.78 Å². The van der Waals surface area contributed by atoms with Gasteiger partial charge < -0.3 is 10.8 Å². The molecule has 1 amide bonds. The molecule has 3 unspecified atom stereocenters. The number of hydrogen-bond acceptors (Lipinski definition) is 5. The maximum Gasteiger partial charge on any atom is 0.221 e. The number of benzene rings is 1. The highest BCUT2D eigenvalue weighted by molar-refractivity contribution is 7.18. The number of carbonyl (C=O) groups excluding carboxylic acids is 1. The van der Waals surface area contributed by atoms with Crippen LogP contribution in [-0.2, 0) is 4.79 Å². The van der Waals surface area contributed by atoms with E-state index in [2.05, 4.69) is 16.0 Å². The van der Waals surface area contributed by atoms with Crippen molar-refractivity contribution in [3.63, 3.8) is 0 Å². The smallest absolute Gasteiger partial charge is 0.221 e. The molecule has 0 bridgehead atoms. The predicted octanol–water partition coefficient (Wildman–Crippen LogP) is 3.31. The van der Waals surface area contributed by atoms with Gasteiger partial charge in [-0.2, -0.15) is 0 Å². The number of nitrogens with zero attached hydrogens (tertiary/aromatic N) is 2. The molecule has 1 aliphatic rings. The molecule has 4 rings (SSSR count). The predicted molar refractivity (Wildman–Crippen MR) is 98.3 cm³/mol. The molecule has 2 heterocycles. The van der Waals surface area contributed by atoms with Crippen LogP contribution in [-0.4, -0.2) is 21.0 Å². The number of aliphatic hydroxyl groups excluding tert-OH is 1. The molecular weight excluding hydrogens is 334 g/mol. The van der Waals surface area contributed by atoms with Crippen LogP contribution in [0, 0.1) is 12.8 Å². The minimum atomic E-state index is -0.634. The average molecular weight is 353 g/mol. The molecule has 1 saturated carbocycles. The van der Waals surface area contributed by atoms with Crippen LogP contribution in [0.4, 0.5) is 0 Å². The number of carbonyl (C=O) groups is 1. The Labute approximate surface area is 149 Å². The Hall–Kier alpha value is -2.31. The first kappa shape index (κ1) is 16.2. The lowest BCUT2D eigenvalue weighted by Crippen LogP contribution is -2.13. The Kier molecular flexibility index (Phi) is 3.81. The van der Waals surface area contributed by atoms with Crippen molar-refractivity contribution in [2.24, 2.45) is 11.7 Å². The zero-order valence-corrected chi connectivity index (χ0v) is 14.9. The van der Waals surface area contributed by atoms with Crippen molar-refractivity contribution in [3.8, 4) is 11.1 Å². The lowest BCUT2D eigenvalue weighted by molar-refractivity contribution is -0.119. The van der Waals surface area contributed by atoms with Gasteiger partial charge in [-0.15, -0.1) is 11.3 Å². The van der Waals surface area contributed by atoms with Gasteiger partial charge in [-0.05, 0) is 49.6 Å². The van der Waals surface area contributed by atoms with E-state index >= 15 is 0 Å². The van der Waals surface area contributed by atoms with Crippen LogP contribution >= 0.6 is 11.3 Å². The highest BCUT2D eigenvalue weighted by Gasteiger charge is 2.44. The van der Waals surface area contributed by atoms with Crippen molar-refractivity contribution in [2.45, 2.75) is 32.3 Å². The van der Waals surface area contributed by atoms with Gasteiger partial charge in [0.1, 0.15) is 0 Å². The molecule has 2 aromatic heterocycles. The zero-order chi connectivity index (χ0) is 17.7. The summed E-state index contributed by atoms with van der Waals surface area (Å²) in [7, 11) is 0. The minimum Gasteiger partial charge on any atom is -0.387 e. The summed E-state index contributed by atoms with van der Waals surface area (Å²) in [5.74, 6) is -0.133. The first-order valence-electron chi connectivity index (χ1n) is 8.29. The lowest BCUT2D eigenvalue weighted by Gasteiger charge is -2.13. The van der Waals surface area contributed by atoms with Gasteiger partial charge in [-0.1, -0.05) is 6.07 Å². The number of pyridine rings is 1. The third-order valence-corrected chi connectivity index (χ3v) is 5.90. The van der Waals surface area contributed by atoms with E-state index in [1.54, 1.807) is 24.5 Å². The van der Waals surface area contributed by atoms with E-state index in [1.807, 2.05) is 25.1 Å². The Morgan fingerprint density at radius 3 is 2.88 bits per heavy atom. The molecule has 1 fully saturated rings.